The molecule has 0 aliphatic heterocycles. The standard InChI is InChI=1S/C18H15ClN2O2/c1-12-16(18(22)23-15-9-4-3-5-10-15)17(20-21(12)2)13-7-6-8-14(19)11-13/h3-11H,1-2H3. The van der Waals surface area contributed by atoms with Gasteiger partial charge in [0.05, 0.1) is 5.69 Å². The fraction of sp³-hybridized carbons (Fsp3) is 0.111. The maximum Gasteiger partial charge on any atom is 0.347 e. The van der Waals surface area contributed by atoms with Crippen LogP contribution in [-0.2, 0) is 7.05 Å². The second kappa shape index (κ2) is 6.26. The molecule has 0 aliphatic carbocycles. The van der Waals surface area contributed by atoms with E-state index in [0.29, 0.717) is 22.0 Å². The van der Waals surface area contributed by atoms with E-state index in [1.807, 2.05) is 37.3 Å². The van der Waals surface area contributed by atoms with Crippen molar-refractivity contribution in [2.75, 3.05) is 0 Å². The molecule has 0 radical (unpaired) electrons. The van der Waals surface area contributed by atoms with Gasteiger partial charge in [0.1, 0.15) is 17.0 Å². The molecule has 0 saturated carbocycles. The molecule has 0 amide bonds. The number of carbonyl (C=O) groups excluding carboxylic acids is 1. The van der Waals surface area contributed by atoms with E-state index in [4.69, 9.17) is 16.3 Å². The number of aromatic nitrogens is 2. The van der Waals surface area contributed by atoms with Gasteiger partial charge >= 0.3 is 5.97 Å². The van der Waals surface area contributed by atoms with Gasteiger partial charge in [-0.2, -0.15) is 5.10 Å². The van der Waals surface area contributed by atoms with E-state index in [9.17, 15) is 4.79 Å². The van der Waals surface area contributed by atoms with E-state index in [2.05, 4.69) is 5.10 Å². The van der Waals surface area contributed by atoms with E-state index in [-0.39, 0.29) is 0 Å². The quantitative estimate of drug-likeness (QED) is 0.533. The third-order valence-electron chi connectivity index (χ3n) is 3.59. The molecule has 0 spiro atoms. The number of rotatable bonds is 3. The lowest BCUT2D eigenvalue weighted by atomic mass is 10.1. The Morgan fingerprint density at radius 2 is 1.87 bits per heavy atom. The number of esters is 1. The van der Waals surface area contributed by atoms with Crippen LogP contribution < -0.4 is 4.74 Å². The van der Waals surface area contributed by atoms with Crippen molar-refractivity contribution in [3.05, 3.63) is 70.9 Å². The molecule has 0 bridgehead atoms. The van der Waals surface area contributed by atoms with E-state index in [0.717, 1.165) is 11.3 Å². The molecule has 3 rings (SSSR count). The van der Waals surface area contributed by atoms with Gasteiger partial charge in [0.25, 0.3) is 0 Å². The molecule has 4 nitrogen and oxygen atoms in total. The number of aryl methyl sites for hydroxylation is 1. The lowest BCUT2D eigenvalue weighted by Gasteiger charge is -2.06. The first kappa shape index (κ1) is 15.3. The van der Waals surface area contributed by atoms with Crippen molar-refractivity contribution in [2.24, 2.45) is 7.05 Å². The van der Waals surface area contributed by atoms with Crippen LogP contribution in [0.4, 0.5) is 0 Å². The van der Waals surface area contributed by atoms with Gasteiger partial charge in [0.2, 0.25) is 0 Å². The third-order valence-corrected chi connectivity index (χ3v) is 3.83. The van der Waals surface area contributed by atoms with E-state index >= 15 is 0 Å². The van der Waals surface area contributed by atoms with Gasteiger partial charge < -0.3 is 4.74 Å². The maximum atomic E-state index is 12.6. The minimum absolute atomic E-state index is 0.434. The van der Waals surface area contributed by atoms with E-state index in [1.165, 1.54) is 0 Å². The fourth-order valence-electron chi connectivity index (χ4n) is 2.34. The molecule has 0 aliphatic rings. The first-order valence-corrected chi connectivity index (χ1v) is 7.51. The average molecular weight is 327 g/mol. The number of nitrogens with zero attached hydrogens (tertiary/aromatic N) is 2. The minimum Gasteiger partial charge on any atom is -0.423 e. The Hall–Kier alpha value is -2.59. The van der Waals surface area contributed by atoms with Crippen LogP contribution in [0.5, 0.6) is 5.75 Å². The summed E-state index contributed by atoms with van der Waals surface area (Å²) in [6.07, 6.45) is 0. The number of benzene rings is 2. The Kier molecular flexibility index (Phi) is 4.17. The first-order valence-electron chi connectivity index (χ1n) is 7.13. The topological polar surface area (TPSA) is 44.1 Å². The molecular formula is C18H15ClN2O2. The van der Waals surface area contributed by atoms with Crippen molar-refractivity contribution in [1.82, 2.24) is 9.78 Å². The van der Waals surface area contributed by atoms with Crippen molar-refractivity contribution in [3.8, 4) is 17.0 Å². The number of ether oxygens (including phenoxy) is 1. The lowest BCUT2D eigenvalue weighted by Crippen LogP contribution is -2.11. The summed E-state index contributed by atoms with van der Waals surface area (Å²) in [7, 11) is 1.79. The molecule has 1 aromatic heterocycles. The van der Waals surface area contributed by atoms with Crippen LogP contribution in [0.15, 0.2) is 54.6 Å². The van der Waals surface area contributed by atoms with Crippen LogP contribution in [0.2, 0.25) is 5.02 Å². The molecule has 0 saturated heterocycles. The predicted octanol–water partition coefficient (Wildman–Crippen LogP) is 4.27. The fourth-order valence-corrected chi connectivity index (χ4v) is 2.53. The zero-order valence-electron chi connectivity index (χ0n) is 12.8. The molecule has 1 heterocycles. The van der Waals surface area contributed by atoms with Gasteiger partial charge in [0, 0.05) is 17.6 Å². The largest absolute Gasteiger partial charge is 0.423 e. The molecule has 0 unspecified atom stereocenters. The Labute approximate surface area is 139 Å². The highest BCUT2D eigenvalue weighted by Gasteiger charge is 2.23. The van der Waals surface area contributed by atoms with Gasteiger partial charge in [-0.15, -0.1) is 0 Å². The molecule has 5 heteroatoms. The summed E-state index contributed by atoms with van der Waals surface area (Å²) in [6.45, 7) is 1.84. The van der Waals surface area contributed by atoms with E-state index < -0.39 is 5.97 Å². The Morgan fingerprint density at radius 1 is 1.13 bits per heavy atom. The lowest BCUT2D eigenvalue weighted by molar-refractivity contribution is 0.0734. The Bertz CT molecular complexity index is 857. The van der Waals surface area contributed by atoms with Crippen LogP contribution in [-0.4, -0.2) is 15.7 Å². The van der Waals surface area contributed by atoms with Gasteiger partial charge in [-0.25, -0.2) is 4.79 Å². The maximum absolute atomic E-state index is 12.6. The van der Waals surface area contributed by atoms with Gasteiger partial charge in [0.15, 0.2) is 0 Å². The van der Waals surface area contributed by atoms with Gasteiger partial charge in [-0.3, -0.25) is 4.68 Å². The first-order chi connectivity index (χ1) is 11.1. The second-order valence-corrected chi connectivity index (χ2v) is 5.58. The summed E-state index contributed by atoms with van der Waals surface area (Å²) in [5.41, 5.74) is 2.52. The number of hydrogen-bond acceptors (Lipinski definition) is 3. The van der Waals surface area contributed by atoms with Crippen molar-refractivity contribution >= 4 is 17.6 Å². The molecule has 23 heavy (non-hydrogen) atoms. The van der Waals surface area contributed by atoms with Crippen LogP contribution >= 0.6 is 11.6 Å². The Morgan fingerprint density at radius 3 is 2.57 bits per heavy atom. The highest BCUT2D eigenvalue weighted by Crippen LogP contribution is 2.28. The zero-order valence-corrected chi connectivity index (χ0v) is 13.5. The molecule has 116 valence electrons. The third kappa shape index (κ3) is 3.12. The van der Waals surface area contributed by atoms with Crippen molar-refractivity contribution in [2.45, 2.75) is 6.92 Å². The van der Waals surface area contributed by atoms with Crippen molar-refractivity contribution in [1.29, 1.82) is 0 Å². The smallest absolute Gasteiger partial charge is 0.347 e. The average Bonchev–Trinajstić information content (AvgIpc) is 2.84. The SMILES string of the molecule is Cc1c(C(=O)Oc2ccccc2)c(-c2cccc(Cl)c2)nn1C. The predicted molar refractivity (Wildman–Crippen MR) is 89.8 cm³/mol. The molecule has 3 aromatic rings. The summed E-state index contributed by atoms with van der Waals surface area (Å²) < 4.78 is 7.13. The summed E-state index contributed by atoms with van der Waals surface area (Å²) in [4.78, 5) is 12.6. The van der Waals surface area contributed by atoms with Gasteiger partial charge in [-0.1, -0.05) is 41.9 Å². The molecular weight excluding hydrogens is 312 g/mol. The molecule has 0 fully saturated rings. The van der Waals surface area contributed by atoms with Crippen LogP contribution in [0.25, 0.3) is 11.3 Å². The molecule has 0 N–H and O–H groups in total. The normalized spacial score (nSPS) is 10.6. The number of para-hydroxylation sites is 1. The van der Waals surface area contributed by atoms with E-state index in [1.54, 1.807) is 36.0 Å². The second-order valence-electron chi connectivity index (χ2n) is 5.15. The van der Waals surface area contributed by atoms with Gasteiger partial charge in [-0.05, 0) is 31.2 Å². The van der Waals surface area contributed by atoms with Crippen molar-refractivity contribution < 1.29 is 9.53 Å². The molecule has 0 atom stereocenters. The summed E-state index contributed by atoms with van der Waals surface area (Å²) in [5, 5.41) is 5.03. The number of hydrogen-bond donors (Lipinski definition) is 0. The van der Waals surface area contributed by atoms with Crippen LogP contribution in [0.1, 0.15) is 16.1 Å². The van der Waals surface area contributed by atoms with Crippen molar-refractivity contribution in [3.63, 3.8) is 0 Å². The minimum atomic E-state index is -0.434. The summed E-state index contributed by atoms with van der Waals surface area (Å²) in [6, 6.07) is 16.2. The van der Waals surface area contributed by atoms with Crippen LogP contribution in [0, 0.1) is 6.92 Å². The number of halogens is 1. The summed E-state index contributed by atoms with van der Waals surface area (Å²) in [5.74, 6) is 0.0644. The Balaban J connectivity index is 2.03. The molecule has 2 aromatic carbocycles. The monoisotopic (exact) mass is 326 g/mol. The zero-order chi connectivity index (χ0) is 16.4. The highest BCUT2D eigenvalue weighted by molar-refractivity contribution is 6.30. The highest BCUT2D eigenvalue weighted by atomic mass is 35.5. The number of carbonyl (C=O) groups is 1. The van der Waals surface area contributed by atoms with Crippen LogP contribution in [0.3, 0.4) is 0 Å². The summed E-state index contributed by atoms with van der Waals surface area (Å²) >= 11 is 6.05.